The quantitative estimate of drug-likeness (QED) is 0.784. The minimum absolute atomic E-state index is 0.290. The highest BCUT2D eigenvalue weighted by atomic mass is 19.2. The monoisotopic (exact) mass is 310 g/mol. The predicted molar refractivity (Wildman–Crippen MR) is 82.0 cm³/mol. The van der Waals surface area contributed by atoms with Crippen molar-refractivity contribution in [1.82, 2.24) is 0 Å². The summed E-state index contributed by atoms with van der Waals surface area (Å²) in [5, 5.41) is 8.78. The molecule has 0 aliphatic heterocycles. The molecule has 0 amide bonds. The fraction of sp³-hybridized carbons (Fsp3) is 0.611. The smallest absolute Gasteiger partial charge is 0.338 e. The normalized spacial score (nSPS) is 21.8. The van der Waals surface area contributed by atoms with Crippen LogP contribution in [0.3, 0.4) is 0 Å². The van der Waals surface area contributed by atoms with E-state index in [4.69, 9.17) is 5.11 Å². The summed E-state index contributed by atoms with van der Waals surface area (Å²) in [7, 11) is 0. The first-order valence-corrected chi connectivity index (χ1v) is 8.23. The molecule has 1 aliphatic carbocycles. The van der Waals surface area contributed by atoms with E-state index in [1.54, 1.807) is 0 Å². The molecule has 2 rings (SSSR count). The molecule has 22 heavy (non-hydrogen) atoms. The molecule has 0 atom stereocenters. The molecule has 1 aromatic carbocycles. The fourth-order valence-corrected chi connectivity index (χ4v) is 3.52. The van der Waals surface area contributed by atoms with Crippen molar-refractivity contribution in [2.24, 2.45) is 11.8 Å². The first kappa shape index (κ1) is 16.9. The summed E-state index contributed by atoms with van der Waals surface area (Å²) >= 11 is 0. The molecule has 0 bridgehead atoms. The van der Waals surface area contributed by atoms with E-state index in [0.717, 1.165) is 18.4 Å². The number of carboxylic acid groups (broad SMARTS) is 1. The lowest BCUT2D eigenvalue weighted by molar-refractivity contribution is 0.0690. The number of hydrogen-bond acceptors (Lipinski definition) is 1. The van der Waals surface area contributed by atoms with Crippen LogP contribution >= 0.6 is 0 Å². The Morgan fingerprint density at radius 3 is 2.23 bits per heavy atom. The van der Waals surface area contributed by atoms with Crippen LogP contribution in [0.25, 0.3) is 0 Å². The molecular weight excluding hydrogens is 286 g/mol. The molecule has 122 valence electrons. The zero-order valence-corrected chi connectivity index (χ0v) is 13.1. The van der Waals surface area contributed by atoms with Crippen LogP contribution in [0.4, 0.5) is 8.78 Å². The molecule has 2 nitrogen and oxygen atoms in total. The lowest BCUT2D eigenvalue weighted by atomic mass is 9.78. The Kier molecular flexibility index (Phi) is 5.92. The average molecular weight is 310 g/mol. The SMILES string of the molecule is CCCC1CCC(CCc2ccc(C(=O)O)c(F)c2F)CC1. The van der Waals surface area contributed by atoms with Crippen LogP contribution in [0.2, 0.25) is 0 Å². The van der Waals surface area contributed by atoms with E-state index in [9.17, 15) is 13.6 Å². The lowest BCUT2D eigenvalue weighted by Gasteiger charge is -2.28. The van der Waals surface area contributed by atoms with Gasteiger partial charge >= 0.3 is 5.97 Å². The van der Waals surface area contributed by atoms with E-state index in [0.29, 0.717) is 12.3 Å². The fourth-order valence-electron chi connectivity index (χ4n) is 3.52. The average Bonchev–Trinajstić information content (AvgIpc) is 2.50. The van der Waals surface area contributed by atoms with Gasteiger partial charge in [0.2, 0.25) is 0 Å². The molecule has 0 unspecified atom stereocenters. The molecule has 0 spiro atoms. The van der Waals surface area contributed by atoms with Crippen LogP contribution in [0.1, 0.15) is 67.8 Å². The highest BCUT2D eigenvalue weighted by molar-refractivity contribution is 5.88. The van der Waals surface area contributed by atoms with Crippen molar-refractivity contribution in [3.05, 3.63) is 34.9 Å². The van der Waals surface area contributed by atoms with Gasteiger partial charge < -0.3 is 5.11 Å². The summed E-state index contributed by atoms with van der Waals surface area (Å²) in [5.41, 5.74) is -0.306. The highest BCUT2D eigenvalue weighted by Crippen LogP contribution is 2.34. The van der Waals surface area contributed by atoms with E-state index >= 15 is 0 Å². The second-order valence-corrected chi connectivity index (χ2v) is 6.42. The maximum absolute atomic E-state index is 13.9. The summed E-state index contributed by atoms with van der Waals surface area (Å²) in [6.07, 6.45) is 8.68. The third-order valence-electron chi connectivity index (χ3n) is 4.88. The molecule has 0 heterocycles. The van der Waals surface area contributed by atoms with Crippen molar-refractivity contribution >= 4 is 5.97 Å². The molecule has 0 saturated heterocycles. The first-order chi connectivity index (χ1) is 10.5. The van der Waals surface area contributed by atoms with Gasteiger partial charge in [-0.05, 0) is 36.3 Å². The van der Waals surface area contributed by atoms with Gasteiger partial charge in [0, 0.05) is 0 Å². The molecule has 1 saturated carbocycles. The second kappa shape index (κ2) is 7.70. The number of aromatic carboxylic acids is 1. The van der Waals surface area contributed by atoms with E-state index in [1.165, 1.54) is 44.6 Å². The van der Waals surface area contributed by atoms with Gasteiger partial charge in [0.05, 0.1) is 5.56 Å². The van der Waals surface area contributed by atoms with Crippen LogP contribution < -0.4 is 0 Å². The molecule has 0 radical (unpaired) electrons. The van der Waals surface area contributed by atoms with Crippen molar-refractivity contribution in [1.29, 1.82) is 0 Å². The van der Waals surface area contributed by atoms with E-state index < -0.39 is 23.2 Å². The predicted octanol–water partition coefficient (Wildman–Crippen LogP) is 5.20. The first-order valence-electron chi connectivity index (χ1n) is 8.23. The second-order valence-electron chi connectivity index (χ2n) is 6.42. The summed E-state index contributed by atoms with van der Waals surface area (Å²) in [6, 6.07) is 2.57. The summed E-state index contributed by atoms with van der Waals surface area (Å²) in [4.78, 5) is 10.8. The Morgan fingerprint density at radius 2 is 1.68 bits per heavy atom. The van der Waals surface area contributed by atoms with Crippen LogP contribution in [-0.2, 0) is 6.42 Å². The Balaban J connectivity index is 1.90. The Labute approximate surface area is 130 Å². The molecule has 4 heteroatoms. The number of aryl methyl sites for hydroxylation is 1. The third-order valence-corrected chi connectivity index (χ3v) is 4.88. The number of carbonyl (C=O) groups is 1. The van der Waals surface area contributed by atoms with Crippen molar-refractivity contribution in [3.8, 4) is 0 Å². The van der Waals surface area contributed by atoms with Gasteiger partial charge in [-0.15, -0.1) is 0 Å². The Hall–Kier alpha value is -1.45. The molecule has 0 aromatic heterocycles. The third kappa shape index (κ3) is 4.05. The van der Waals surface area contributed by atoms with Gasteiger partial charge in [0.25, 0.3) is 0 Å². The van der Waals surface area contributed by atoms with Gasteiger partial charge in [-0.1, -0.05) is 51.5 Å². The van der Waals surface area contributed by atoms with E-state index in [2.05, 4.69) is 6.92 Å². The zero-order valence-electron chi connectivity index (χ0n) is 13.1. The number of benzene rings is 1. The lowest BCUT2D eigenvalue weighted by Crippen LogP contribution is -2.15. The highest BCUT2D eigenvalue weighted by Gasteiger charge is 2.22. The minimum Gasteiger partial charge on any atom is -0.478 e. The van der Waals surface area contributed by atoms with Crippen LogP contribution in [0, 0.1) is 23.5 Å². The molecule has 1 aromatic rings. The Bertz CT molecular complexity index is 520. The van der Waals surface area contributed by atoms with Crippen molar-refractivity contribution in [2.75, 3.05) is 0 Å². The zero-order chi connectivity index (χ0) is 16.1. The topological polar surface area (TPSA) is 37.3 Å². The summed E-state index contributed by atoms with van der Waals surface area (Å²) in [6.45, 7) is 2.21. The minimum atomic E-state index is -1.43. The maximum atomic E-state index is 13.9. The summed E-state index contributed by atoms with van der Waals surface area (Å²) in [5.74, 6) is -2.26. The maximum Gasteiger partial charge on any atom is 0.338 e. The van der Waals surface area contributed by atoms with E-state index in [1.807, 2.05) is 0 Å². The number of carboxylic acids is 1. The Morgan fingerprint density at radius 1 is 1.09 bits per heavy atom. The summed E-state index contributed by atoms with van der Waals surface area (Å²) < 4.78 is 27.6. The van der Waals surface area contributed by atoms with E-state index in [-0.39, 0.29) is 5.56 Å². The van der Waals surface area contributed by atoms with Gasteiger partial charge in [-0.25, -0.2) is 13.6 Å². The van der Waals surface area contributed by atoms with Gasteiger partial charge in [-0.3, -0.25) is 0 Å². The molecular formula is C18H24F2O2. The van der Waals surface area contributed by atoms with Gasteiger partial charge in [0.1, 0.15) is 0 Å². The van der Waals surface area contributed by atoms with Crippen molar-refractivity contribution in [2.45, 2.75) is 58.3 Å². The standard InChI is InChI=1S/C18H24F2O2/c1-2-3-12-4-6-13(7-5-12)8-9-14-10-11-15(18(21)22)17(20)16(14)19/h10-13H,2-9H2,1H3,(H,21,22). The number of halogens is 2. The number of rotatable bonds is 6. The van der Waals surface area contributed by atoms with Gasteiger partial charge in [0.15, 0.2) is 11.6 Å². The van der Waals surface area contributed by atoms with Gasteiger partial charge in [-0.2, -0.15) is 0 Å². The molecule has 1 fully saturated rings. The number of hydrogen-bond donors (Lipinski definition) is 1. The van der Waals surface area contributed by atoms with Crippen LogP contribution in [-0.4, -0.2) is 11.1 Å². The molecule has 1 aliphatic rings. The molecule has 1 N–H and O–H groups in total. The van der Waals surface area contributed by atoms with Crippen molar-refractivity contribution in [3.63, 3.8) is 0 Å². The van der Waals surface area contributed by atoms with Crippen molar-refractivity contribution < 1.29 is 18.7 Å². The largest absolute Gasteiger partial charge is 0.478 e. The van der Waals surface area contributed by atoms with Crippen LogP contribution in [0.15, 0.2) is 12.1 Å². The van der Waals surface area contributed by atoms with Crippen LogP contribution in [0.5, 0.6) is 0 Å².